The van der Waals surface area contributed by atoms with Crippen LogP contribution in [0.1, 0.15) is 12.6 Å². The molecule has 0 fully saturated rings. The highest BCUT2D eigenvalue weighted by Crippen LogP contribution is 2.65. The van der Waals surface area contributed by atoms with E-state index in [0.29, 0.717) is 16.9 Å². The van der Waals surface area contributed by atoms with Crippen molar-refractivity contribution >= 4 is 34.4 Å². The predicted octanol–water partition coefficient (Wildman–Crippen LogP) is 1.23. The van der Waals surface area contributed by atoms with E-state index in [-0.39, 0.29) is 6.42 Å². The summed E-state index contributed by atoms with van der Waals surface area (Å²) in [7, 11) is -15.7. The molecule has 0 spiro atoms. The lowest BCUT2D eigenvalue weighted by Crippen LogP contribution is -2.15. The summed E-state index contributed by atoms with van der Waals surface area (Å²) in [6.07, 6.45) is 0.103. The molecule has 13 nitrogen and oxygen atoms in total. The van der Waals surface area contributed by atoms with Gasteiger partial charge in [0.15, 0.2) is 0 Å². The third-order valence-electron chi connectivity index (χ3n) is 3.12. The molecule has 27 heavy (non-hydrogen) atoms. The van der Waals surface area contributed by atoms with Gasteiger partial charge in [0.05, 0.1) is 17.3 Å². The van der Waals surface area contributed by atoms with Crippen molar-refractivity contribution in [2.75, 3.05) is 12.1 Å². The predicted molar refractivity (Wildman–Crippen MR) is 92.6 cm³/mol. The molecule has 2 rings (SSSR count). The van der Waals surface area contributed by atoms with Crippen LogP contribution in [0.15, 0.2) is 24.4 Å². The molecule has 0 aromatic carbocycles. The van der Waals surface area contributed by atoms with E-state index in [1.807, 2.05) is 0 Å². The Morgan fingerprint density at radius 2 is 1.81 bits per heavy atom. The Labute approximate surface area is 153 Å². The normalized spacial score (nSPS) is 18.1. The molecule has 2 aromatic heterocycles. The van der Waals surface area contributed by atoms with Crippen LogP contribution in [0.2, 0.25) is 0 Å². The van der Waals surface area contributed by atoms with Crippen molar-refractivity contribution in [3.63, 3.8) is 0 Å². The quantitative estimate of drug-likeness (QED) is 0.346. The van der Waals surface area contributed by atoms with Crippen molar-refractivity contribution in [2.45, 2.75) is 19.4 Å². The van der Waals surface area contributed by atoms with Crippen LogP contribution < -0.4 is 5.73 Å². The zero-order valence-corrected chi connectivity index (χ0v) is 16.5. The van der Waals surface area contributed by atoms with Gasteiger partial charge in [-0.1, -0.05) is 0 Å². The molecule has 2 aromatic rings. The maximum atomic E-state index is 11.8. The van der Waals surface area contributed by atoms with Crippen LogP contribution in [-0.4, -0.2) is 41.6 Å². The zero-order valence-electron chi connectivity index (χ0n) is 13.9. The molecule has 16 heteroatoms. The first-order valence-electron chi connectivity index (χ1n) is 7.23. The highest BCUT2D eigenvalue weighted by Gasteiger charge is 2.39. The summed E-state index contributed by atoms with van der Waals surface area (Å²) in [5.74, 6) is 0. The van der Waals surface area contributed by atoms with E-state index in [1.165, 1.54) is 6.20 Å². The summed E-state index contributed by atoms with van der Waals surface area (Å²) < 4.78 is 47.8. The van der Waals surface area contributed by atoms with Gasteiger partial charge in [-0.15, -0.1) is 0 Å². The zero-order chi connectivity index (χ0) is 20.5. The first kappa shape index (κ1) is 22.2. The van der Waals surface area contributed by atoms with E-state index in [2.05, 4.69) is 13.7 Å². The molecule has 0 aliphatic heterocycles. The molecule has 0 radical (unpaired) electrons. The Balaban J connectivity index is 1.96. The molecule has 0 bridgehead atoms. The van der Waals surface area contributed by atoms with Gasteiger partial charge in [-0.3, -0.25) is 4.57 Å². The van der Waals surface area contributed by atoms with Crippen LogP contribution in [-0.2, 0) is 33.5 Å². The minimum Gasteiger partial charge on any atom is -0.397 e. The number of nitrogens with two attached hydrogens (primary N) is 1. The second-order valence-corrected chi connectivity index (χ2v) is 10.2. The van der Waals surface area contributed by atoms with E-state index in [1.54, 1.807) is 29.6 Å². The topological polar surface area (TPSA) is 203 Å². The first-order valence-corrected chi connectivity index (χ1v) is 12.0. The molecule has 3 unspecified atom stereocenters. The van der Waals surface area contributed by atoms with Crippen LogP contribution in [0, 0.1) is 0 Å². The average Bonchev–Trinajstić information content (AvgIpc) is 2.86. The van der Waals surface area contributed by atoms with E-state index >= 15 is 0 Å². The molecule has 0 amide bonds. The minimum absolute atomic E-state index is 0.250. The van der Waals surface area contributed by atoms with Gasteiger partial charge in [0.25, 0.3) is 0 Å². The molecule has 0 saturated carbocycles. The van der Waals surface area contributed by atoms with E-state index < -0.39 is 35.7 Å². The summed E-state index contributed by atoms with van der Waals surface area (Å²) in [6, 6.07) is 5.11. The number of hydrogen-bond acceptors (Lipinski definition) is 8. The molecule has 3 atom stereocenters. The van der Waals surface area contributed by atoms with Crippen LogP contribution in [0.5, 0.6) is 0 Å². The summed E-state index contributed by atoms with van der Waals surface area (Å²) in [6.45, 7) is 1.57. The van der Waals surface area contributed by atoms with E-state index in [4.69, 9.17) is 25.2 Å². The number of nitrogen functional groups attached to an aromatic ring is 1. The van der Waals surface area contributed by atoms with Crippen LogP contribution in [0.3, 0.4) is 0 Å². The van der Waals surface area contributed by atoms with Crippen molar-refractivity contribution in [1.82, 2.24) is 9.61 Å². The lowest BCUT2D eigenvalue weighted by molar-refractivity contribution is 0.0867. The lowest BCUT2D eigenvalue weighted by atomic mass is 10.2. The maximum absolute atomic E-state index is 11.8. The molecule has 0 aliphatic carbocycles. The SMILES string of the molecule is CC(Cc1ccc2c(N)ccnn12)OCP(=O)(O)OP(=O)(O)OP(=O)(O)O. The Morgan fingerprint density at radius 1 is 1.15 bits per heavy atom. The number of fused-ring (bicyclic) bond motifs is 1. The Bertz CT molecular complexity index is 956. The number of phosphoric acid groups is 2. The van der Waals surface area contributed by atoms with Gasteiger partial charge in [0, 0.05) is 18.3 Å². The average molecular weight is 445 g/mol. The molecule has 6 N–H and O–H groups in total. The number of ether oxygens (including phenoxy) is 1. The fourth-order valence-electron chi connectivity index (χ4n) is 2.16. The standard InChI is InChI=1S/C11H18N3O10P3/c1-8(6-9-2-3-11-10(12)4-5-13-14(9)11)22-7-25(15,16)23-27(20,21)24-26(17,18)19/h2-5,8H,6-7,12H2,1H3,(H,15,16)(H,20,21)(H2,17,18,19). The van der Waals surface area contributed by atoms with Crippen molar-refractivity contribution < 1.29 is 46.6 Å². The fraction of sp³-hybridized carbons (Fsp3) is 0.364. The van der Waals surface area contributed by atoms with Gasteiger partial charge >= 0.3 is 23.2 Å². The molecule has 152 valence electrons. The molecular formula is C11H18N3O10P3. The van der Waals surface area contributed by atoms with Gasteiger partial charge < -0.3 is 30.0 Å². The fourth-order valence-corrected chi connectivity index (χ4v) is 5.54. The lowest BCUT2D eigenvalue weighted by Gasteiger charge is -2.18. The largest absolute Gasteiger partial charge is 0.488 e. The Morgan fingerprint density at radius 3 is 2.44 bits per heavy atom. The van der Waals surface area contributed by atoms with Crippen molar-refractivity contribution in [1.29, 1.82) is 0 Å². The number of anilines is 1. The minimum atomic E-state index is -5.47. The van der Waals surface area contributed by atoms with Gasteiger partial charge in [-0.2, -0.15) is 9.41 Å². The molecule has 0 saturated heterocycles. The third-order valence-corrected chi connectivity index (χ3v) is 7.12. The second kappa shape index (κ2) is 8.10. The van der Waals surface area contributed by atoms with Crippen LogP contribution >= 0.6 is 23.2 Å². The maximum Gasteiger partial charge on any atom is 0.488 e. The highest BCUT2D eigenvalue weighted by atomic mass is 31.3. The molecular weight excluding hydrogens is 427 g/mol. The van der Waals surface area contributed by atoms with Crippen molar-refractivity contribution in [3.05, 3.63) is 30.1 Å². The summed E-state index contributed by atoms with van der Waals surface area (Å²) in [5.41, 5.74) is 7.70. The Hall–Kier alpha value is -1.10. The molecule has 2 heterocycles. The van der Waals surface area contributed by atoms with Gasteiger partial charge in [-0.05, 0) is 25.1 Å². The Kier molecular flexibility index (Phi) is 6.66. The molecule has 0 aliphatic rings. The van der Waals surface area contributed by atoms with Crippen molar-refractivity contribution in [2.24, 2.45) is 0 Å². The number of hydrogen-bond donors (Lipinski definition) is 5. The van der Waals surface area contributed by atoms with Gasteiger partial charge in [-0.25, -0.2) is 18.0 Å². The third kappa shape index (κ3) is 6.78. The summed E-state index contributed by atoms with van der Waals surface area (Å²) in [5, 5.41) is 4.14. The number of aromatic nitrogens is 2. The smallest absolute Gasteiger partial charge is 0.397 e. The second-order valence-electron chi connectivity index (χ2n) is 5.48. The monoisotopic (exact) mass is 445 g/mol. The summed E-state index contributed by atoms with van der Waals surface area (Å²) >= 11 is 0. The van der Waals surface area contributed by atoms with Gasteiger partial charge in [0.2, 0.25) is 0 Å². The van der Waals surface area contributed by atoms with Crippen molar-refractivity contribution in [3.8, 4) is 0 Å². The highest BCUT2D eigenvalue weighted by molar-refractivity contribution is 7.68. The van der Waals surface area contributed by atoms with Gasteiger partial charge in [0.1, 0.15) is 6.35 Å². The first-order chi connectivity index (χ1) is 12.3. The number of nitrogens with zero attached hydrogens (tertiary/aromatic N) is 2. The van der Waals surface area contributed by atoms with E-state index in [9.17, 15) is 18.6 Å². The van der Waals surface area contributed by atoms with Crippen LogP contribution in [0.25, 0.3) is 5.52 Å². The number of rotatable bonds is 9. The van der Waals surface area contributed by atoms with E-state index in [0.717, 1.165) is 0 Å². The van der Waals surface area contributed by atoms with Crippen LogP contribution in [0.4, 0.5) is 5.69 Å². The summed E-state index contributed by atoms with van der Waals surface area (Å²) in [4.78, 5) is 35.6.